The van der Waals surface area contributed by atoms with Crippen LogP contribution in [-0.4, -0.2) is 27.2 Å². The van der Waals surface area contributed by atoms with Crippen LogP contribution in [0, 0.1) is 0 Å². The summed E-state index contributed by atoms with van der Waals surface area (Å²) in [5, 5.41) is 17.7. The first-order valence-corrected chi connectivity index (χ1v) is 5.26. The number of carbonyl (C=O) groups excluding carboxylic acids is 1. The number of benzene rings is 1. The van der Waals surface area contributed by atoms with E-state index in [1.807, 2.05) is 0 Å². The summed E-state index contributed by atoms with van der Waals surface area (Å²) in [6.07, 6.45) is 2.73. The van der Waals surface area contributed by atoms with Gasteiger partial charge in [0.15, 0.2) is 6.04 Å². The van der Waals surface area contributed by atoms with Crippen LogP contribution in [0.4, 0.5) is 0 Å². The normalized spacial score (nSPS) is 11.8. The minimum Gasteiger partial charge on any atom is -0.479 e. The third kappa shape index (κ3) is 2.54. The Bertz CT molecular complexity index is 537. The highest BCUT2D eigenvalue weighted by molar-refractivity contribution is 5.96. The van der Waals surface area contributed by atoms with Gasteiger partial charge < -0.3 is 10.4 Å². The number of carbonyl (C=O) groups is 2. The average Bonchev–Trinajstić information content (AvgIpc) is 2.90. The second-order valence-electron chi connectivity index (χ2n) is 3.64. The number of carboxylic acids is 1. The van der Waals surface area contributed by atoms with Crippen molar-refractivity contribution in [2.24, 2.45) is 0 Å². The van der Waals surface area contributed by atoms with Crippen LogP contribution >= 0.6 is 0 Å². The van der Waals surface area contributed by atoms with Gasteiger partial charge in [0.25, 0.3) is 5.91 Å². The fourth-order valence-electron chi connectivity index (χ4n) is 1.52. The number of carboxylic acid groups (broad SMARTS) is 1. The maximum atomic E-state index is 11.8. The lowest BCUT2D eigenvalue weighted by Crippen LogP contribution is -2.33. The van der Waals surface area contributed by atoms with E-state index in [0.29, 0.717) is 5.56 Å². The molecule has 2 aromatic rings. The van der Waals surface area contributed by atoms with Crippen molar-refractivity contribution in [3.8, 4) is 0 Å². The molecular formula is C12H11N3O3. The standard InChI is InChI=1S/C12H11N3O3/c16-11(9-6-13-14-7-9)15-10(12(17)18)8-4-2-1-3-5-8/h1-7,10H,(H,13,14)(H,15,16)(H,17,18). The van der Waals surface area contributed by atoms with Gasteiger partial charge in [-0.05, 0) is 5.56 Å². The first-order chi connectivity index (χ1) is 8.68. The minimum atomic E-state index is -1.11. The Morgan fingerprint density at radius 1 is 1.28 bits per heavy atom. The molecule has 1 amide bonds. The van der Waals surface area contributed by atoms with Gasteiger partial charge >= 0.3 is 5.97 Å². The number of aromatic nitrogens is 2. The predicted octanol–water partition coefficient (Wildman–Crippen LogP) is 0.965. The quantitative estimate of drug-likeness (QED) is 0.747. The van der Waals surface area contributed by atoms with Gasteiger partial charge in [-0.3, -0.25) is 9.89 Å². The maximum Gasteiger partial charge on any atom is 0.330 e. The van der Waals surface area contributed by atoms with Gasteiger partial charge in [-0.1, -0.05) is 30.3 Å². The van der Waals surface area contributed by atoms with Gasteiger partial charge in [-0.2, -0.15) is 5.10 Å². The molecule has 0 fully saturated rings. The zero-order valence-electron chi connectivity index (χ0n) is 9.33. The van der Waals surface area contributed by atoms with Crippen LogP contribution < -0.4 is 5.32 Å². The molecule has 1 heterocycles. The molecule has 1 aromatic heterocycles. The number of aliphatic carboxylic acids is 1. The van der Waals surface area contributed by atoms with E-state index < -0.39 is 17.9 Å². The number of H-pyrrole nitrogens is 1. The molecule has 0 saturated carbocycles. The molecule has 92 valence electrons. The first-order valence-electron chi connectivity index (χ1n) is 5.26. The highest BCUT2D eigenvalue weighted by Gasteiger charge is 2.22. The Balaban J connectivity index is 2.18. The van der Waals surface area contributed by atoms with Crippen molar-refractivity contribution in [2.45, 2.75) is 6.04 Å². The summed E-state index contributed by atoms with van der Waals surface area (Å²) in [5.41, 5.74) is 0.805. The van der Waals surface area contributed by atoms with E-state index in [1.165, 1.54) is 12.4 Å². The van der Waals surface area contributed by atoms with Gasteiger partial charge in [0, 0.05) is 6.20 Å². The predicted molar refractivity (Wildman–Crippen MR) is 62.9 cm³/mol. The Hall–Kier alpha value is -2.63. The molecule has 18 heavy (non-hydrogen) atoms. The van der Waals surface area contributed by atoms with Crippen LogP contribution in [0.5, 0.6) is 0 Å². The lowest BCUT2D eigenvalue weighted by Gasteiger charge is -2.14. The van der Waals surface area contributed by atoms with E-state index in [0.717, 1.165) is 0 Å². The number of hydrogen-bond donors (Lipinski definition) is 3. The SMILES string of the molecule is O=C(NC(C(=O)O)c1ccccc1)c1cn[nH]c1. The summed E-state index contributed by atoms with van der Waals surface area (Å²) in [4.78, 5) is 22.9. The van der Waals surface area contributed by atoms with Gasteiger partial charge in [0.2, 0.25) is 0 Å². The van der Waals surface area contributed by atoms with Crippen LogP contribution in [0.1, 0.15) is 22.0 Å². The van der Waals surface area contributed by atoms with E-state index in [-0.39, 0.29) is 5.56 Å². The van der Waals surface area contributed by atoms with Crippen LogP contribution in [0.3, 0.4) is 0 Å². The molecule has 0 aliphatic heterocycles. The number of aromatic amines is 1. The Morgan fingerprint density at radius 2 is 2.00 bits per heavy atom. The van der Waals surface area contributed by atoms with Crippen LogP contribution in [0.15, 0.2) is 42.7 Å². The molecule has 2 rings (SSSR count). The van der Waals surface area contributed by atoms with E-state index in [9.17, 15) is 9.59 Å². The van der Waals surface area contributed by atoms with E-state index in [2.05, 4.69) is 15.5 Å². The summed E-state index contributed by atoms with van der Waals surface area (Å²) in [7, 11) is 0. The number of nitrogens with zero attached hydrogens (tertiary/aromatic N) is 1. The highest BCUT2D eigenvalue weighted by atomic mass is 16.4. The smallest absolute Gasteiger partial charge is 0.330 e. The maximum absolute atomic E-state index is 11.8. The van der Waals surface area contributed by atoms with Crippen LogP contribution in [-0.2, 0) is 4.79 Å². The van der Waals surface area contributed by atoms with Crippen molar-refractivity contribution in [1.82, 2.24) is 15.5 Å². The molecule has 6 nitrogen and oxygen atoms in total. The minimum absolute atomic E-state index is 0.289. The Kier molecular flexibility index (Phi) is 3.38. The van der Waals surface area contributed by atoms with Gasteiger partial charge in [0.05, 0.1) is 11.8 Å². The van der Waals surface area contributed by atoms with Crippen LogP contribution in [0.25, 0.3) is 0 Å². The van der Waals surface area contributed by atoms with Crippen molar-refractivity contribution >= 4 is 11.9 Å². The summed E-state index contributed by atoms with van der Waals surface area (Å²) in [6, 6.07) is 7.43. The molecule has 0 aliphatic carbocycles. The fourth-order valence-corrected chi connectivity index (χ4v) is 1.52. The third-order valence-corrected chi connectivity index (χ3v) is 2.42. The molecule has 0 spiro atoms. The van der Waals surface area contributed by atoms with E-state index in [1.54, 1.807) is 30.3 Å². The lowest BCUT2D eigenvalue weighted by atomic mass is 10.1. The molecule has 1 aromatic carbocycles. The molecule has 0 saturated heterocycles. The van der Waals surface area contributed by atoms with Crippen molar-refractivity contribution in [3.63, 3.8) is 0 Å². The second kappa shape index (κ2) is 5.13. The highest BCUT2D eigenvalue weighted by Crippen LogP contribution is 2.13. The topological polar surface area (TPSA) is 95.1 Å². The third-order valence-electron chi connectivity index (χ3n) is 2.42. The Labute approximate surface area is 103 Å². The van der Waals surface area contributed by atoms with Crippen LogP contribution in [0.2, 0.25) is 0 Å². The first kappa shape index (κ1) is 11.8. The monoisotopic (exact) mass is 245 g/mol. The fraction of sp³-hybridized carbons (Fsp3) is 0.0833. The average molecular weight is 245 g/mol. The number of nitrogens with one attached hydrogen (secondary N) is 2. The molecule has 0 radical (unpaired) electrons. The van der Waals surface area contributed by atoms with E-state index >= 15 is 0 Å². The largest absolute Gasteiger partial charge is 0.479 e. The van der Waals surface area contributed by atoms with Gasteiger partial charge in [-0.15, -0.1) is 0 Å². The zero-order valence-corrected chi connectivity index (χ0v) is 9.33. The number of amides is 1. The molecule has 1 atom stereocenters. The Morgan fingerprint density at radius 3 is 2.56 bits per heavy atom. The number of hydrogen-bond acceptors (Lipinski definition) is 3. The summed E-state index contributed by atoms with van der Waals surface area (Å²) < 4.78 is 0. The molecule has 6 heteroatoms. The van der Waals surface area contributed by atoms with Crippen molar-refractivity contribution < 1.29 is 14.7 Å². The van der Waals surface area contributed by atoms with E-state index in [4.69, 9.17) is 5.11 Å². The number of rotatable bonds is 4. The van der Waals surface area contributed by atoms with Crippen molar-refractivity contribution in [3.05, 3.63) is 53.9 Å². The van der Waals surface area contributed by atoms with Crippen molar-refractivity contribution in [2.75, 3.05) is 0 Å². The summed E-state index contributed by atoms with van der Waals surface area (Å²) in [5.74, 6) is -1.60. The molecule has 1 unspecified atom stereocenters. The lowest BCUT2D eigenvalue weighted by molar-refractivity contribution is -0.139. The molecule has 3 N–H and O–H groups in total. The van der Waals surface area contributed by atoms with Crippen molar-refractivity contribution in [1.29, 1.82) is 0 Å². The molecule has 0 aliphatic rings. The van der Waals surface area contributed by atoms with Gasteiger partial charge in [0.1, 0.15) is 0 Å². The summed E-state index contributed by atoms with van der Waals surface area (Å²) in [6.45, 7) is 0. The summed E-state index contributed by atoms with van der Waals surface area (Å²) >= 11 is 0. The second-order valence-corrected chi connectivity index (χ2v) is 3.64. The van der Waals surface area contributed by atoms with Gasteiger partial charge in [-0.25, -0.2) is 4.79 Å². The zero-order chi connectivity index (χ0) is 13.0. The molecular weight excluding hydrogens is 234 g/mol. The molecule has 0 bridgehead atoms.